The number of fused-ring (bicyclic) bond motifs is 1. The Balaban J connectivity index is 1.82. The Labute approximate surface area is 141 Å². The zero-order chi connectivity index (χ0) is 17.1. The van der Waals surface area contributed by atoms with Crippen LogP contribution in [0.5, 0.6) is 0 Å². The monoisotopic (exact) mass is 326 g/mol. The Hall–Kier alpha value is -2.43. The highest BCUT2D eigenvalue weighted by molar-refractivity contribution is 6.06. The fraction of sp³-hybridized carbons (Fsp3) is 0.421. The molecule has 1 unspecified atom stereocenters. The van der Waals surface area contributed by atoms with Crippen LogP contribution in [0.3, 0.4) is 0 Å². The van der Waals surface area contributed by atoms with Crippen molar-refractivity contribution in [3.05, 3.63) is 41.6 Å². The lowest BCUT2D eigenvalue weighted by molar-refractivity contribution is -0.137. The highest BCUT2D eigenvalue weighted by Gasteiger charge is 2.26. The lowest BCUT2D eigenvalue weighted by Crippen LogP contribution is -2.40. The molecule has 1 aliphatic rings. The van der Waals surface area contributed by atoms with Gasteiger partial charge in [-0.15, -0.1) is 0 Å². The van der Waals surface area contributed by atoms with Crippen LogP contribution < -0.4 is 0 Å². The molecule has 3 rings (SSSR count). The number of aromatic nitrogens is 1. The van der Waals surface area contributed by atoms with E-state index in [-0.39, 0.29) is 18.2 Å². The standard InChI is InChI=1S/C19H22N2O3/c1-13-11-16(15-6-2-3-7-17(15)20-13)19(24)21-10-4-5-14(12-21)8-9-18(22)23/h2-3,6-7,11,14H,4-5,8-10,12H2,1H3,(H,22,23). The molecule has 0 aliphatic carbocycles. The van der Waals surface area contributed by atoms with E-state index in [0.717, 1.165) is 36.0 Å². The number of piperidine rings is 1. The van der Waals surface area contributed by atoms with E-state index in [0.29, 0.717) is 18.5 Å². The Morgan fingerprint density at radius 1 is 1.33 bits per heavy atom. The summed E-state index contributed by atoms with van der Waals surface area (Å²) in [4.78, 5) is 30.2. The van der Waals surface area contributed by atoms with Crippen LogP contribution in [0.4, 0.5) is 0 Å². The van der Waals surface area contributed by atoms with Gasteiger partial charge in [0.25, 0.3) is 5.91 Å². The predicted octanol–water partition coefficient (Wildman–Crippen LogP) is 3.26. The Kier molecular flexibility index (Phi) is 4.79. The molecule has 5 nitrogen and oxygen atoms in total. The molecule has 0 saturated carbocycles. The number of hydrogen-bond donors (Lipinski definition) is 1. The number of para-hydroxylation sites is 1. The third-order valence-electron chi connectivity index (χ3n) is 4.65. The van der Waals surface area contributed by atoms with Crippen molar-refractivity contribution in [2.45, 2.75) is 32.6 Å². The summed E-state index contributed by atoms with van der Waals surface area (Å²) in [5.41, 5.74) is 2.36. The molecule has 24 heavy (non-hydrogen) atoms. The molecule has 1 aliphatic heterocycles. The first-order valence-electron chi connectivity index (χ1n) is 8.42. The van der Waals surface area contributed by atoms with Crippen LogP contribution in [0.1, 0.15) is 41.7 Å². The van der Waals surface area contributed by atoms with E-state index < -0.39 is 5.97 Å². The van der Waals surface area contributed by atoms with Crippen LogP contribution >= 0.6 is 0 Å². The molecular weight excluding hydrogens is 304 g/mol. The third-order valence-corrected chi connectivity index (χ3v) is 4.65. The van der Waals surface area contributed by atoms with Crippen LogP contribution in [0.15, 0.2) is 30.3 Å². The highest BCUT2D eigenvalue weighted by Crippen LogP contribution is 2.25. The van der Waals surface area contributed by atoms with E-state index >= 15 is 0 Å². The van der Waals surface area contributed by atoms with Crippen molar-refractivity contribution in [2.75, 3.05) is 13.1 Å². The van der Waals surface area contributed by atoms with Gasteiger partial charge in [0.1, 0.15) is 0 Å². The molecule has 0 radical (unpaired) electrons. The quantitative estimate of drug-likeness (QED) is 0.936. The average Bonchev–Trinajstić information content (AvgIpc) is 2.58. The minimum Gasteiger partial charge on any atom is -0.481 e. The summed E-state index contributed by atoms with van der Waals surface area (Å²) >= 11 is 0. The van der Waals surface area contributed by atoms with Gasteiger partial charge in [-0.2, -0.15) is 0 Å². The molecule has 1 aromatic carbocycles. The van der Waals surface area contributed by atoms with Gasteiger partial charge in [-0.25, -0.2) is 0 Å². The van der Waals surface area contributed by atoms with Crippen molar-refractivity contribution in [3.8, 4) is 0 Å². The third kappa shape index (κ3) is 3.55. The number of benzene rings is 1. The first kappa shape index (κ1) is 16.4. The maximum absolute atomic E-state index is 13.0. The molecule has 1 saturated heterocycles. The van der Waals surface area contributed by atoms with Gasteiger partial charge < -0.3 is 10.0 Å². The van der Waals surface area contributed by atoms with Crippen molar-refractivity contribution in [3.63, 3.8) is 0 Å². The fourth-order valence-corrected chi connectivity index (χ4v) is 3.47. The first-order valence-corrected chi connectivity index (χ1v) is 8.42. The van der Waals surface area contributed by atoms with Crippen molar-refractivity contribution in [1.29, 1.82) is 0 Å². The van der Waals surface area contributed by atoms with E-state index in [2.05, 4.69) is 4.98 Å². The molecule has 5 heteroatoms. The second-order valence-electron chi connectivity index (χ2n) is 6.52. The number of pyridine rings is 1. The molecular formula is C19H22N2O3. The topological polar surface area (TPSA) is 70.5 Å². The van der Waals surface area contributed by atoms with Gasteiger partial charge in [-0.05, 0) is 44.2 Å². The molecule has 126 valence electrons. The number of hydrogen-bond acceptors (Lipinski definition) is 3. The maximum atomic E-state index is 13.0. The summed E-state index contributed by atoms with van der Waals surface area (Å²) in [5.74, 6) is -0.473. The predicted molar refractivity (Wildman–Crippen MR) is 92.0 cm³/mol. The van der Waals surface area contributed by atoms with Gasteiger partial charge in [0.05, 0.1) is 11.1 Å². The minimum absolute atomic E-state index is 0.0247. The highest BCUT2D eigenvalue weighted by atomic mass is 16.4. The zero-order valence-corrected chi connectivity index (χ0v) is 13.9. The lowest BCUT2D eigenvalue weighted by Gasteiger charge is -2.33. The maximum Gasteiger partial charge on any atom is 0.303 e. The molecule has 1 atom stereocenters. The molecule has 2 heterocycles. The van der Waals surface area contributed by atoms with E-state index in [1.165, 1.54) is 0 Å². The normalized spacial score (nSPS) is 17.9. The summed E-state index contributed by atoms with van der Waals surface area (Å²) in [7, 11) is 0. The van der Waals surface area contributed by atoms with Gasteiger partial charge in [0, 0.05) is 30.6 Å². The number of nitrogens with zero attached hydrogens (tertiary/aromatic N) is 2. The van der Waals surface area contributed by atoms with Crippen molar-refractivity contribution >= 4 is 22.8 Å². The molecule has 1 N–H and O–H groups in total. The van der Waals surface area contributed by atoms with E-state index in [1.807, 2.05) is 42.2 Å². The van der Waals surface area contributed by atoms with E-state index in [4.69, 9.17) is 5.11 Å². The zero-order valence-electron chi connectivity index (χ0n) is 13.9. The first-order chi connectivity index (χ1) is 11.5. The SMILES string of the molecule is Cc1cc(C(=O)N2CCCC(CCC(=O)O)C2)c2ccccc2n1. The van der Waals surface area contributed by atoms with Crippen LogP contribution in [0, 0.1) is 12.8 Å². The van der Waals surface area contributed by atoms with Gasteiger partial charge >= 0.3 is 5.97 Å². The fourth-order valence-electron chi connectivity index (χ4n) is 3.47. The average molecular weight is 326 g/mol. The second kappa shape index (κ2) is 6.99. The number of carbonyl (C=O) groups is 2. The van der Waals surface area contributed by atoms with Crippen molar-refractivity contribution in [2.24, 2.45) is 5.92 Å². The van der Waals surface area contributed by atoms with E-state index in [1.54, 1.807) is 0 Å². The van der Waals surface area contributed by atoms with E-state index in [9.17, 15) is 9.59 Å². The lowest BCUT2D eigenvalue weighted by atomic mass is 9.92. The molecule has 1 amide bonds. The van der Waals surface area contributed by atoms with Gasteiger partial charge in [-0.1, -0.05) is 18.2 Å². The Bertz CT molecular complexity index is 772. The van der Waals surface area contributed by atoms with Crippen LogP contribution in [0.2, 0.25) is 0 Å². The van der Waals surface area contributed by atoms with Crippen molar-refractivity contribution in [1.82, 2.24) is 9.88 Å². The summed E-state index contributed by atoms with van der Waals surface area (Å²) in [5, 5.41) is 9.73. The van der Waals surface area contributed by atoms with Crippen molar-refractivity contribution < 1.29 is 14.7 Å². The summed E-state index contributed by atoms with van der Waals surface area (Å²) in [6, 6.07) is 9.55. The molecule has 0 spiro atoms. The Morgan fingerprint density at radius 3 is 2.92 bits per heavy atom. The minimum atomic E-state index is -0.769. The second-order valence-corrected chi connectivity index (χ2v) is 6.52. The smallest absolute Gasteiger partial charge is 0.303 e. The molecule has 2 aromatic rings. The number of rotatable bonds is 4. The number of aliphatic carboxylic acids is 1. The molecule has 1 fully saturated rings. The van der Waals surface area contributed by atoms with Gasteiger partial charge in [0.2, 0.25) is 0 Å². The number of amides is 1. The summed E-state index contributed by atoms with van der Waals surface area (Å²) < 4.78 is 0. The largest absolute Gasteiger partial charge is 0.481 e. The number of aryl methyl sites for hydroxylation is 1. The summed E-state index contributed by atoms with van der Waals surface area (Å²) in [6.07, 6.45) is 2.73. The van der Waals surface area contributed by atoms with Crippen LogP contribution in [-0.2, 0) is 4.79 Å². The number of carbonyl (C=O) groups excluding carboxylic acids is 1. The summed E-state index contributed by atoms with van der Waals surface area (Å²) in [6.45, 7) is 3.27. The van der Waals surface area contributed by atoms with Crippen LogP contribution in [-0.4, -0.2) is 40.0 Å². The molecule has 0 bridgehead atoms. The van der Waals surface area contributed by atoms with Crippen LogP contribution in [0.25, 0.3) is 10.9 Å². The van der Waals surface area contributed by atoms with Gasteiger partial charge in [0.15, 0.2) is 0 Å². The number of carboxylic acid groups (broad SMARTS) is 1. The number of carboxylic acids is 1. The Morgan fingerprint density at radius 2 is 2.12 bits per heavy atom. The van der Waals surface area contributed by atoms with Gasteiger partial charge in [-0.3, -0.25) is 14.6 Å². The molecule has 1 aromatic heterocycles. The number of likely N-dealkylation sites (tertiary alicyclic amines) is 1.